The summed E-state index contributed by atoms with van der Waals surface area (Å²) in [6, 6.07) is 0. The van der Waals surface area contributed by atoms with Gasteiger partial charge in [0.15, 0.2) is 0 Å². The van der Waals surface area contributed by atoms with Gasteiger partial charge in [0, 0.05) is 0 Å². The molecule has 3 aliphatic rings. The van der Waals surface area contributed by atoms with E-state index in [1.807, 2.05) is 0 Å². The summed E-state index contributed by atoms with van der Waals surface area (Å²) in [5, 5.41) is 0. The number of epoxide rings is 1. The molecule has 4 atom stereocenters. The Bertz CT molecular complexity index is 245. The van der Waals surface area contributed by atoms with Gasteiger partial charge in [0.25, 0.3) is 0 Å². The molecule has 2 aliphatic carbocycles. The molecule has 13 heavy (non-hydrogen) atoms. The first-order valence-electron chi connectivity index (χ1n) is 5.70. The third-order valence-corrected chi connectivity index (χ3v) is 6.53. The summed E-state index contributed by atoms with van der Waals surface area (Å²) in [7, 11) is -1.02. The number of fused-ring (bicyclic) bond motifs is 3. The molecule has 0 radical (unpaired) electrons. The first kappa shape index (κ1) is 8.48. The molecule has 2 bridgehead atoms. The van der Waals surface area contributed by atoms with Gasteiger partial charge in [-0.05, 0) is 37.5 Å². The van der Waals surface area contributed by atoms with Crippen molar-refractivity contribution < 1.29 is 4.74 Å². The first-order valence-corrected chi connectivity index (χ1v) is 9.28. The van der Waals surface area contributed by atoms with Gasteiger partial charge in [0.2, 0.25) is 0 Å². The van der Waals surface area contributed by atoms with Crippen LogP contribution in [0.15, 0.2) is 0 Å². The molecule has 1 spiro atoms. The van der Waals surface area contributed by atoms with Gasteiger partial charge >= 0.3 is 0 Å². The van der Waals surface area contributed by atoms with Gasteiger partial charge in [-0.3, -0.25) is 0 Å². The molecule has 0 amide bonds. The lowest BCUT2D eigenvalue weighted by Crippen LogP contribution is -2.37. The third-order valence-electron chi connectivity index (χ3n) is 4.35. The molecule has 1 saturated heterocycles. The molecule has 1 nitrogen and oxygen atoms in total. The molecule has 0 aromatic heterocycles. The first-order chi connectivity index (χ1) is 6.02. The molecule has 4 unspecified atom stereocenters. The van der Waals surface area contributed by atoms with E-state index in [2.05, 4.69) is 19.6 Å². The lowest BCUT2D eigenvalue weighted by molar-refractivity contribution is 0.217. The average molecular weight is 196 g/mol. The van der Waals surface area contributed by atoms with E-state index in [0.29, 0.717) is 11.3 Å². The Morgan fingerprint density at radius 1 is 1.23 bits per heavy atom. The van der Waals surface area contributed by atoms with E-state index >= 15 is 0 Å². The van der Waals surface area contributed by atoms with Gasteiger partial charge < -0.3 is 4.74 Å². The van der Waals surface area contributed by atoms with Gasteiger partial charge in [-0.1, -0.05) is 19.6 Å². The summed E-state index contributed by atoms with van der Waals surface area (Å²) in [4.78, 5) is 0. The lowest BCUT2D eigenvalue weighted by Gasteiger charge is -2.22. The minimum absolute atomic E-state index is 0.424. The van der Waals surface area contributed by atoms with Gasteiger partial charge in [0.1, 0.15) is 0 Å². The van der Waals surface area contributed by atoms with Crippen molar-refractivity contribution in [1.82, 2.24) is 0 Å². The van der Waals surface area contributed by atoms with Crippen molar-refractivity contribution in [2.75, 3.05) is 0 Å². The topological polar surface area (TPSA) is 12.5 Å². The van der Waals surface area contributed by atoms with Crippen LogP contribution in [0.5, 0.6) is 0 Å². The molecule has 0 aromatic rings. The maximum atomic E-state index is 6.13. The third kappa shape index (κ3) is 1.02. The van der Waals surface area contributed by atoms with Gasteiger partial charge in [-0.25, -0.2) is 0 Å². The largest absolute Gasteiger partial charge is 0.370 e. The van der Waals surface area contributed by atoms with Crippen LogP contribution >= 0.6 is 0 Å². The summed E-state index contributed by atoms with van der Waals surface area (Å²) >= 11 is 0. The van der Waals surface area contributed by atoms with Gasteiger partial charge in [-0.15, -0.1) is 0 Å². The molecular formula is C11H20OSi. The monoisotopic (exact) mass is 196 g/mol. The van der Waals surface area contributed by atoms with Crippen molar-refractivity contribution in [3.8, 4) is 0 Å². The Balaban J connectivity index is 1.81. The van der Waals surface area contributed by atoms with E-state index < -0.39 is 8.07 Å². The predicted molar refractivity (Wildman–Crippen MR) is 56.4 cm³/mol. The zero-order chi connectivity index (χ0) is 9.27. The van der Waals surface area contributed by atoms with Gasteiger partial charge in [-0.2, -0.15) is 0 Å². The molecule has 2 heteroatoms. The summed E-state index contributed by atoms with van der Waals surface area (Å²) < 4.78 is 6.13. The van der Waals surface area contributed by atoms with Crippen LogP contribution in [0.25, 0.3) is 0 Å². The van der Waals surface area contributed by atoms with Crippen LogP contribution in [-0.4, -0.2) is 19.4 Å². The number of rotatable bonds is 1. The summed E-state index contributed by atoms with van der Waals surface area (Å²) in [6.45, 7) is 7.37. The minimum Gasteiger partial charge on any atom is -0.370 e. The number of hydrogen-bond acceptors (Lipinski definition) is 1. The number of hydrogen-bond donors (Lipinski definition) is 0. The van der Waals surface area contributed by atoms with E-state index in [-0.39, 0.29) is 0 Å². The summed E-state index contributed by atoms with van der Waals surface area (Å²) in [5.41, 5.74) is 1.13. The van der Waals surface area contributed by atoms with E-state index in [4.69, 9.17) is 4.74 Å². The van der Waals surface area contributed by atoms with Crippen LogP contribution in [-0.2, 0) is 4.74 Å². The fraction of sp³-hybridized carbons (Fsp3) is 1.00. The van der Waals surface area contributed by atoms with Crippen molar-refractivity contribution in [1.29, 1.82) is 0 Å². The summed E-state index contributed by atoms with van der Waals surface area (Å²) in [6.07, 6.45) is 5.85. The molecule has 0 aromatic carbocycles. The Labute approximate surface area is 81.9 Å². The molecule has 1 heterocycles. The smallest absolute Gasteiger partial charge is 0.0945 e. The number of ether oxygens (including phenoxy) is 1. The van der Waals surface area contributed by atoms with Crippen LogP contribution in [0, 0.1) is 11.8 Å². The molecule has 1 aliphatic heterocycles. The molecular weight excluding hydrogens is 176 g/mol. The van der Waals surface area contributed by atoms with Crippen molar-refractivity contribution in [3.63, 3.8) is 0 Å². The average Bonchev–Trinajstić information content (AvgIpc) is 2.43. The SMILES string of the molecule is C[Si](C)(C)C1OC12CC1CCC2C1. The zero-order valence-electron chi connectivity index (χ0n) is 8.97. The van der Waals surface area contributed by atoms with E-state index in [9.17, 15) is 0 Å². The second-order valence-corrected chi connectivity index (χ2v) is 11.7. The second-order valence-electron chi connectivity index (χ2n) is 6.40. The predicted octanol–water partition coefficient (Wildman–Crippen LogP) is 2.82. The van der Waals surface area contributed by atoms with E-state index in [1.54, 1.807) is 0 Å². The van der Waals surface area contributed by atoms with Crippen molar-refractivity contribution in [2.45, 2.75) is 56.7 Å². The van der Waals surface area contributed by atoms with Crippen LogP contribution in [0.4, 0.5) is 0 Å². The van der Waals surface area contributed by atoms with E-state index in [1.165, 1.54) is 25.7 Å². The maximum absolute atomic E-state index is 6.13. The molecule has 74 valence electrons. The fourth-order valence-electron chi connectivity index (χ4n) is 3.88. The van der Waals surface area contributed by atoms with Crippen LogP contribution in [0.2, 0.25) is 19.6 Å². The van der Waals surface area contributed by atoms with Crippen LogP contribution < -0.4 is 0 Å². The normalized spacial score (nSPS) is 53.3. The highest BCUT2D eigenvalue weighted by Gasteiger charge is 2.69. The second kappa shape index (κ2) is 2.22. The van der Waals surface area contributed by atoms with Gasteiger partial charge in [0.05, 0.1) is 19.4 Å². The zero-order valence-corrected chi connectivity index (χ0v) is 9.97. The summed E-state index contributed by atoms with van der Waals surface area (Å²) in [5.74, 6) is 1.99. The van der Waals surface area contributed by atoms with E-state index in [0.717, 1.165) is 11.8 Å². The van der Waals surface area contributed by atoms with Crippen LogP contribution in [0.3, 0.4) is 0 Å². The Kier molecular flexibility index (Phi) is 1.45. The highest BCUT2D eigenvalue weighted by molar-refractivity contribution is 6.78. The molecule has 3 rings (SSSR count). The highest BCUT2D eigenvalue weighted by atomic mass is 28.3. The Hall–Kier alpha value is 0.177. The van der Waals surface area contributed by atoms with Crippen LogP contribution in [0.1, 0.15) is 25.7 Å². The molecule has 2 saturated carbocycles. The lowest BCUT2D eigenvalue weighted by atomic mass is 9.89. The highest BCUT2D eigenvalue weighted by Crippen LogP contribution is 2.63. The van der Waals surface area contributed by atoms with Crippen molar-refractivity contribution in [3.05, 3.63) is 0 Å². The van der Waals surface area contributed by atoms with Crippen molar-refractivity contribution >= 4 is 8.07 Å². The molecule has 3 fully saturated rings. The Morgan fingerprint density at radius 2 is 2.00 bits per heavy atom. The quantitative estimate of drug-likeness (QED) is 0.464. The fourth-order valence-corrected chi connectivity index (χ4v) is 6.28. The van der Waals surface area contributed by atoms with Crippen molar-refractivity contribution in [2.24, 2.45) is 11.8 Å². The maximum Gasteiger partial charge on any atom is 0.0945 e. The Morgan fingerprint density at radius 3 is 2.38 bits per heavy atom. The minimum atomic E-state index is -1.02. The molecule has 0 N–H and O–H groups in total. The standard InChI is InChI=1S/C11H20OSi/c1-13(2,3)10-11(12-10)7-8-4-5-9(11)6-8/h8-10H,4-7H2,1-3H3.